The van der Waals surface area contributed by atoms with Gasteiger partial charge in [0.1, 0.15) is 11.4 Å². The van der Waals surface area contributed by atoms with Gasteiger partial charge in [0, 0.05) is 11.1 Å². The van der Waals surface area contributed by atoms with E-state index in [-0.39, 0.29) is 0 Å². The highest BCUT2D eigenvalue weighted by atomic mass is 16.4. The van der Waals surface area contributed by atoms with Crippen molar-refractivity contribution in [3.8, 4) is 46.1 Å². The predicted molar refractivity (Wildman–Crippen MR) is 102 cm³/mol. The molecule has 0 amide bonds. The molecule has 0 fully saturated rings. The lowest BCUT2D eigenvalue weighted by Gasteiger charge is -1.98. The van der Waals surface area contributed by atoms with Gasteiger partial charge >= 0.3 is 0 Å². The molecular formula is C21H13N5O2. The van der Waals surface area contributed by atoms with E-state index < -0.39 is 0 Å². The molecule has 0 aliphatic rings. The van der Waals surface area contributed by atoms with Crippen LogP contribution >= 0.6 is 0 Å². The number of hydrogen-bond donors (Lipinski definition) is 0. The SMILES string of the molecule is c1ccc(-c2nnc(-c3cccc(-c4nnc(-c5ccccc5)o4)n3)o2)cc1. The van der Waals surface area contributed by atoms with E-state index in [0.29, 0.717) is 35.0 Å². The van der Waals surface area contributed by atoms with Crippen molar-refractivity contribution in [2.24, 2.45) is 0 Å². The molecule has 3 heterocycles. The van der Waals surface area contributed by atoms with E-state index in [1.807, 2.05) is 66.7 Å². The molecule has 28 heavy (non-hydrogen) atoms. The van der Waals surface area contributed by atoms with Gasteiger partial charge in [-0.2, -0.15) is 0 Å². The molecule has 0 saturated carbocycles. The van der Waals surface area contributed by atoms with Crippen molar-refractivity contribution in [3.63, 3.8) is 0 Å². The minimum atomic E-state index is 0.323. The highest BCUT2D eigenvalue weighted by Gasteiger charge is 2.15. The molecule has 0 atom stereocenters. The molecule has 3 aromatic heterocycles. The van der Waals surface area contributed by atoms with Crippen molar-refractivity contribution in [2.75, 3.05) is 0 Å². The summed E-state index contributed by atoms with van der Waals surface area (Å²) < 4.78 is 11.5. The van der Waals surface area contributed by atoms with Gasteiger partial charge in [-0.05, 0) is 36.4 Å². The number of pyridine rings is 1. The van der Waals surface area contributed by atoms with Gasteiger partial charge in [0.05, 0.1) is 0 Å². The van der Waals surface area contributed by atoms with Crippen LogP contribution in [-0.2, 0) is 0 Å². The van der Waals surface area contributed by atoms with E-state index >= 15 is 0 Å². The molecule has 7 heteroatoms. The van der Waals surface area contributed by atoms with Crippen molar-refractivity contribution < 1.29 is 8.83 Å². The third-order valence-electron chi connectivity index (χ3n) is 4.08. The smallest absolute Gasteiger partial charge is 0.266 e. The minimum Gasteiger partial charge on any atom is -0.415 e. The molecule has 0 radical (unpaired) electrons. The van der Waals surface area contributed by atoms with Gasteiger partial charge in [-0.25, -0.2) is 4.98 Å². The van der Waals surface area contributed by atoms with Crippen LogP contribution in [0.5, 0.6) is 0 Å². The topological polar surface area (TPSA) is 90.7 Å². The first-order valence-electron chi connectivity index (χ1n) is 8.62. The first-order chi connectivity index (χ1) is 13.9. The standard InChI is InChI=1S/C21H13N5O2/c1-3-8-14(9-4-1)18-23-25-20(27-18)16-12-7-13-17(22-16)21-26-24-19(28-21)15-10-5-2-6-11-15/h1-13H. The Balaban J connectivity index is 1.46. The zero-order valence-electron chi connectivity index (χ0n) is 14.6. The summed E-state index contributed by atoms with van der Waals surface area (Å²) in [5.41, 5.74) is 2.77. The first kappa shape index (κ1) is 16.1. The van der Waals surface area contributed by atoms with E-state index in [1.165, 1.54) is 0 Å². The summed E-state index contributed by atoms with van der Waals surface area (Å²) in [6, 6.07) is 24.6. The lowest BCUT2D eigenvalue weighted by Crippen LogP contribution is -1.88. The maximum Gasteiger partial charge on any atom is 0.266 e. The zero-order valence-corrected chi connectivity index (χ0v) is 14.6. The highest BCUT2D eigenvalue weighted by Crippen LogP contribution is 2.26. The van der Waals surface area contributed by atoms with Gasteiger partial charge in [-0.15, -0.1) is 20.4 Å². The number of aromatic nitrogens is 5. The van der Waals surface area contributed by atoms with Gasteiger partial charge in [-0.3, -0.25) is 0 Å². The van der Waals surface area contributed by atoms with Crippen LogP contribution < -0.4 is 0 Å². The zero-order chi connectivity index (χ0) is 18.8. The molecule has 2 aromatic carbocycles. The van der Waals surface area contributed by atoms with Crippen molar-refractivity contribution >= 4 is 0 Å². The predicted octanol–water partition coefficient (Wildman–Crippen LogP) is 4.52. The van der Waals surface area contributed by atoms with Crippen LogP contribution in [0.2, 0.25) is 0 Å². The average molecular weight is 367 g/mol. The average Bonchev–Trinajstić information content (AvgIpc) is 3.46. The number of hydrogen-bond acceptors (Lipinski definition) is 7. The molecule has 7 nitrogen and oxygen atoms in total. The van der Waals surface area contributed by atoms with E-state index in [0.717, 1.165) is 11.1 Å². The molecular weight excluding hydrogens is 354 g/mol. The van der Waals surface area contributed by atoms with E-state index in [4.69, 9.17) is 8.83 Å². The lowest BCUT2D eigenvalue weighted by atomic mass is 10.2. The quantitative estimate of drug-likeness (QED) is 0.461. The van der Waals surface area contributed by atoms with Crippen LogP contribution in [-0.4, -0.2) is 25.4 Å². The molecule has 0 unspecified atom stereocenters. The van der Waals surface area contributed by atoms with E-state index in [9.17, 15) is 0 Å². The molecule has 0 aliphatic carbocycles. The summed E-state index contributed by atoms with van der Waals surface area (Å²) in [5.74, 6) is 1.52. The highest BCUT2D eigenvalue weighted by molar-refractivity contribution is 5.59. The molecule has 0 aliphatic heterocycles. The van der Waals surface area contributed by atoms with Crippen LogP contribution in [0.4, 0.5) is 0 Å². The molecule has 0 saturated heterocycles. The molecule has 0 N–H and O–H groups in total. The van der Waals surface area contributed by atoms with Crippen LogP contribution in [0.1, 0.15) is 0 Å². The fourth-order valence-electron chi connectivity index (χ4n) is 2.72. The maximum absolute atomic E-state index is 5.77. The largest absolute Gasteiger partial charge is 0.415 e. The van der Waals surface area contributed by atoms with Gasteiger partial charge in [0.25, 0.3) is 11.8 Å². The Bertz CT molecular complexity index is 1120. The maximum atomic E-state index is 5.77. The monoisotopic (exact) mass is 367 g/mol. The van der Waals surface area contributed by atoms with Crippen LogP contribution in [0, 0.1) is 0 Å². The van der Waals surface area contributed by atoms with Crippen LogP contribution in [0.25, 0.3) is 46.1 Å². The summed E-state index contributed by atoms with van der Waals surface area (Å²) in [4.78, 5) is 4.53. The second-order valence-electron chi connectivity index (χ2n) is 5.96. The lowest BCUT2D eigenvalue weighted by molar-refractivity contribution is 0.578. The van der Waals surface area contributed by atoms with Crippen molar-refractivity contribution in [3.05, 3.63) is 78.9 Å². The number of nitrogens with zero attached hydrogens (tertiary/aromatic N) is 5. The Hall–Kier alpha value is -4.13. The number of benzene rings is 2. The minimum absolute atomic E-state index is 0.323. The first-order valence-corrected chi connectivity index (χ1v) is 8.62. The summed E-state index contributed by atoms with van der Waals surface area (Å²) in [6.45, 7) is 0. The van der Waals surface area contributed by atoms with Gasteiger partial charge in [0.15, 0.2) is 0 Å². The fraction of sp³-hybridized carbons (Fsp3) is 0. The second-order valence-corrected chi connectivity index (χ2v) is 5.96. The van der Waals surface area contributed by atoms with Crippen molar-refractivity contribution in [1.82, 2.24) is 25.4 Å². The Morgan fingerprint density at radius 2 is 0.857 bits per heavy atom. The Kier molecular flexibility index (Phi) is 3.95. The second kappa shape index (κ2) is 6.88. The fourth-order valence-corrected chi connectivity index (χ4v) is 2.72. The third-order valence-corrected chi connectivity index (χ3v) is 4.08. The van der Waals surface area contributed by atoms with Gasteiger partial charge in [-0.1, -0.05) is 42.5 Å². The summed E-state index contributed by atoms with van der Waals surface area (Å²) in [6.07, 6.45) is 0. The van der Waals surface area contributed by atoms with Crippen LogP contribution in [0.15, 0.2) is 87.7 Å². The number of rotatable bonds is 4. The normalized spacial score (nSPS) is 10.9. The van der Waals surface area contributed by atoms with Gasteiger partial charge in [0.2, 0.25) is 11.8 Å². The summed E-state index contributed by atoms with van der Waals surface area (Å²) >= 11 is 0. The van der Waals surface area contributed by atoms with Crippen molar-refractivity contribution in [1.29, 1.82) is 0 Å². The van der Waals surface area contributed by atoms with Gasteiger partial charge < -0.3 is 8.83 Å². The molecule has 0 spiro atoms. The molecule has 5 rings (SSSR count). The van der Waals surface area contributed by atoms with Crippen molar-refractivity contribution in [2.45, 2.75) is 0 Å². The Labute approximate surface area is 159 Å². The molecule has 5 aromatic rings. The summed E-state index contributed by atoms with van der Waals surface area (Å²) in [7, 11) is 0. The Morgan fingerprint density at radius 3 is 1.32 bits per heavy atom. The molecule has 0 bridgehead atoms. The third kappa shape index (κ3) is 3.05. The van der Waals surface area contributed by atoms with E-state index in [1.54, 1.807) is 12.1 Å². The molecule has 134 valence electrons. The summed E-state index contributed by atoms with van der Waals surface area (Å²) in [5, 5.41) is 16.4. The van der Waals surface area contributed by atoms with Crippen LogP contribution in [0.3, 0.4) is 0 Å². The van der Waals surface area contributed by atoms with E-state index in [2.05, 4.69) is 25.4 Å². The Morgan fingerprint density at radius 1 is 0.429 bits per heavy atom.